The van der Waals surface area contributed by atoms with Gasteiger partial charge in [0.05, 0.1) is 34.1 Å². The molecule has 1 spiro atoms. The Balaban J connectivity index is 1.56. The normalized spacial score (nSPS) is 17.9. The van der Waals surface area contributed by atoms with E-state index in [1.165, 1.54) is 0 Å². The minimum absolute atomic E-state index is 0.0113. The third kappa shape index (κ3) is 5.09. The van der Waals surface area contributed by atoms with Gasteiger partial charge < -0.3 is 14.8 Å². The van der Waals surface area contributed by atoms with Crippen LogP contribution >= 0.6 is 11.6 Å². The highest BCUT2D eigenvalue weighted by atomic mass is 35.5. The number of fused-ring (bicyclic) bond motifs is 1. The molecule has 1 amide bonds. The van der Waals surface area contributed by atoms with Gasteiger partial charge in [0.15, 0.2) is 0 Å². The van der Waals surface area contributed by atoms with Gasteiger partial charge in [-0.2, -0.15) is 5.10 Å². The lowest BCUT2D eigenvalue weighted by atomic mass is 9.76. The molecule has 4 rings (SSSR count). The van der Waals surface area contributed by atoms with Crippen molar-refractivity contribution >= 4 is 23.5 Å². The Kier molecular flexibility index (Phi) is 6.82. The van der Waals surface area contributed by atoms with Gasteiger partial charge in [-0.1, -0.05) is 44.5 Å². The molecule has 3 heterocycles. The number of aromatic nitrogens is 2. The molecule has 1 fully saturated rings. The van der Waals surface area contributed by atoms with E-state index in [-0.39, 0.29) is 17.9 Å². The second-order valence-corrected chi connectivity index (χ2v) is 10.4. The lowest BCUT2D eigenvalue weighted by Crippen LogP contribution is -2.41. The van der Waals surface area contributed by atoms with E-state index in [0.29, 0.717) is 48.9 Å². The van der Waals surface area contributed by atoms with Crippen molar-refractivity contribution in [3.05, 3.63) is 51.8 Å². The predicted molar refractivity (Wildman–Crippen MR) is 126 cm³/mol. The van der Waals surface area contributed by atoms with Crippen LogP contribution < -0.4 is 5.32 Å². The van der Waals surface area contributed by atoms with Crippen molar-refractivity contribution in [3.63, 3.8) is 0 Å². The van der Waals surface area contributed by atoms with E-state index in [1.54, 1.807) is 24.3 Å². The van der Waals surface area contributed by atoms with E-state index in [4.69, 9.17) is 26.2 Å². The molecule has 1 aromatic carbocycles. The minimum Gasteiger partial charge on any atom is -0.461 e. The van der Waals surface area contributed by atoms with Crippen molar-refractivity contribution in [1.29, 1.82) is 0 Å². The highest BCUT2D eigenvalue weighted by molar-refractivity contribution is 6.33. The quantitative estimate of drug-likeness (QED) is 0.639. The summed E-state index contributed by atoms with van der Waals surface area (Å²) in [6.45, 7) is 8.91. The van der Waals surface area contributed by atoms with Crippen LogP contribution in [0.4, 0.5) is 0 Å². The van der Waals surface area contributed by atoms with Crippen molar-refractivity contribution in [2.24, 2.45) is 10.8 Å². The molecule has 0 bridgehead atoms. The number of rotatable bonds is 6. The molecule has 178 valence electrons. The van der Waals surface area contributed by atoms with Gasteiger partial charge in [-0.15, -0.1) is 0 Å². The van der Waals surface area contributed by atoms with Gasteiger partial charge in [0.2, 0.25) is 0 Å². The first kappa shape index (κ1) is 23.8. The summed E-state index contributed by atoms with van der Waals surface area (Å²) in [6, 6.07) is 6.87. The molecular formula is C25H32ClN3O4. The number of hydrogen-bond acceptors (Lipinski definition) is 5. The third-order valence-electron chi connectivity index (χ3n) is 6.68. The van der Waals surface area contributed by atoms with Crippen molar-refractivity contribution in [1.82, 2.24) is 15.1 Å². The lowest BCUT2D eigenvalue weighted by Gasteiger charge is -2.36. The van der Waals surface area contributed by atoms with Crippen molar-refractivity contribution < 1.29 is 19.1 Å². The number of ether oxygens (including phenoxy) is 2. The maximum Gasteiger partial charge on any atom is 0.339 e. The smallest absolute Gasteiger partial charge is 0.339 e. The van der Waals surface area contributed by atoms with E-state index in [2.05, 4.69) is 5.32 Å². The first-order chi connectivity index (χ1) is 15.7. The predicted octanol–water partition coefficient (Wildman–Crippen LogP) is 4.06. The molecule has 1 saturated heterocycles. The highest BCUT2D eigenvalue weighted by Gasteiger charge is 2.40. The van der Waals surface area contributed by atoms with Crippen LogP contribution in [-0.2, 0) is 28.9 Å². The fraction of sp³-hybridized carbons (Fsp3) is 0.560. The molecule has 33 heavy (non-hydrogen) atoms. The summed E-state index contributed by atoms with van der Waals surface area (Å²) < 4.78 is 13.2. The molecule has 7 nitrogen and oxygen atoms in total. The van der Waals surface area contributed by atoms with E-state index in [1.807, 2.05) is 25.5 Å². The van der Waals surface area contributed by atoms with Gasteiger partial charge in [0, 0.05) is 31.7 Å². The molecule has 8 heteroatoms. The average Bonchev–Trinajstić information content (AvgIpc) is 3.05. The molecule has 0 atom stereocenters. The van der Waals surface area contributed by atoms with Gasteiger partial charge in [0.1, 0.15) is 0 Å². The zero-order chi connectivity index (χ0) is 23.6. The first-order valence-electron chi connectivity index (χ1n) is 11.6. The van der Waals surface area contributed by atoms with Crippen molar-refractivity contribution in [2.45, 2.75) is 53.0 Å². The minimum atomic E-state index is -0.442. The molecule has 0 saturated carbocycles. The fourth-order valence-corrected chi connectivity index (χ4v) is 4.93. The summed E-state index contributed by atoms with van der Waals surface area (Å²) in [7, 11) is 0. The van der Waals surface area contributed by atoms with Crippen LogP contribution in [0.3, 0.4) is 0 Å². The number of halogens is 1. The number of carbonyl (C=O) groups is 2. The van der Waals surface area contributed by atoms with Crippen LogP contribution in [-0.4, -0.2) is 48.0 Å². The SMILES string of the molecule is CCc1nn(CC(C)(C)COC(=O)c2ccccc2Cl)c2c1C(=O)NCC1(CCOCC1)C2. The lowest BCUT2D eigenvalue weighted by molar-refractivity contribution is 0.0145. The van der Waals surface area contributed by atoms with E-state index >= 15 is 0 Å². The number of aryl methyl sites for hydroxylation is 1. The highest BCUT2D eigenvalue weighted by Crippen LogP contribution is 2.38. The molecule has 0 aliphatic carbocycles. The second-order valence-electron chi connectivity index (χ2n) is 9.97. The largest absolute Gasteiger partial charge is 0.461 e. The zero-order valence-corrected chi connectivity index (χ0v) is 20.3. The Morgan fingerprint density at radius 3 is 2.73 bits per heavy atom. The van der Waals surface area contributed by atoms with Crippen LogP contribution in [0.5, 0.6) is 0 Å². The van der Waals surface area contributed by atoms with Crippen LogP contribution in [0.25, 0.3) is 0 Å². The summed E-state index contributed by atoms with van der Waals surface area (Å²) in [4.78, 5) is 25.6. The molecular weight excluding hydrogens is 442 g/mol. The Bertz CT molecular complexity index is 1040. The number of nitrogens with zero attached hydrogens (tertiary/aromatic N) is 2. The van der Waals surface area contributed by atoms with Crippen molar-refractivity contribution in [3.8, 4) is 0 Å². The monoisotopic (exact) mass is 473 g/mol. The van der Waals surface area contributed by atoms with Gasteiger partial charge in [0.25, 0.3) is 5.91 Å². The summed E-state index contributed by atoms with van der Waals surface area (Å²) >= 11 is 6.14. The summed E-state index contributed by atoms with van der Waals surface area (Å²) in [5, 5.41) is 8.35. The van der Waals surface area contributed by atoms with Gasteiger partial charge in [-0.05, 0) is 43.2 Å². The van der Waals surface area contributed by atoms with Crippen LogP contribution in [0.1, 0.15) is 65.7 Å². The summed E-state index contributed by atoms with van der Waals surface area (Å²) in [5.41, 5.74) is 2.46. The average molecular weight is 474 g/mol. The van der Waals surface area contributed by atoms with Crippen molar-refractivity contribution in [2.75, 3.05) is 26.4 Å². The topological polar surface area (TPSA) is 82.5 Å². The number of hydrogen-bond donors (Lipinski definition) is 1. The standard InChI is InChI=1S/C25H32ClN3O4/c1-4-19-21-20(13-25(14-27-22(21)30)9-11-32-12-10-25)29(28-19)15-24(2,3)16-33-23(31)17-7-5-6-8-18(17)26/h5-8H,4,9-16H2,1-3H3,(H,27,30). The third-order valence-corrected chi connectivity index (χ3v) is 7.01. The van der Waals surface area contributed by atoms with Gasteiger partial charge in [-0.3, -0.25) is 9.48 Å². The van der Waals surface area contributed by atoms with Gasteiger partial charge >= 0.3 is 5.97 Å². The molecule has 0 radical (unpaired) electrons. The molecule has 2 aromatic rings. The van der Waals surface area contributed by atoms with E-state index in [9.17, 15) is 9.59 Å². The first-order valence-corrected chi connectivity index (χ1v) is 12.0. The summed E-state index contributed by atoms with van der Waals surface area (Å²) in [5.74, 6) is -0.484. The maximum absolute atomic E-state index is 13.0. The van der Waals surface area contributed by atoms with Crippen LogP contribution in [0, 0.1) is 10.8 Å². The number of carbonyl (C=O) groups excluding carboxylic acids is 2. The number of benzene rings is 1. The molecule has 0 unspecified atom stereocenters. The van der Waals surface area contributed by atoms with Gasteiger partial charge in [-0.25, -0.2) is 4.79 Å². The van der Waals surface area contributed by atoms with E-state index in [0.717, 1.165) is 30.7 Å². The Morgan fingerprint density at radius 2 is 2.03 bits per heavy atom. The Morgan fingerprint density at radius 1 is 1.30 bits per heavy atom. The maximum atomic E-state index is 13.0. The van der Waals surface area contributed by atoms with Crippen LogP contribution in [0.2, 0.25) is 5.02 Å². The Labute approximate surface area is 199 Å². The summed E-state index contributed by atoms with van der Waals surface area (Å²) in [6.07, 6.45) is 3.30. The fourth-order valence-electron chi connectivity index (χ4n) is 4.72. The zero-order valence-electron chi connectivity index (χ0n) is 19.6. The number of amides is 1. The Hall–Kier alpha value is -2.38. The molecule has 2 aliphatic heterocycles. The number of esters is 1. The molecule has 2 aliphatic rings. The van der Waals surface area contributed by atoms with Crippen LogP contribution in [0.15, 0.2) is 24.3 Å². The van der Waals surface area contributed by atoms with E-state index < -0.39 is 11.4 Å². The second kappa shape index (κ2) is 9.47. The molecule has 1 aromatic heterocycles. The number of nitrogens with one attached hydrogen (secondary N) is 1. The molecule has 1 N–H and O–H groups in total.